The van der Waals surface area contributed by atoms with Gasteiger partial charge in [-0.1, -0.05) is 17.7 Å². The van der Waals surface area contributed by atoms with E-state index in [1.807, 2.05) is 24.5 Å². The van der Waals surface area contributed by atoms with Gasteiger partial charge >= 0.3 is 5.97 Å². The average molecular weight is 396 g/mol. The summed E-state index contributed by atoms with van der Waals surface area (Å²) < 4.78 is 15.3. The van der Waals surface area contributed by atoms with E-state index in [9.17, 15) is 9.59 Å². The molecule has 0 aliphatic carbocycles. The number of carbonyl (C=O) groups is 2. The van der Waals surface area contributed by atoms with Crippen LogP contribution in [-0.4, -0.2) is 39.0 Å². The topological polar surface area (TPSA) is 73.9 Å². The van der Waals surface area contributed by atoms with Crippen LogP contribution < -0.4 is 14.8 Å². The molecular formula is C18H18ClNO5S. The van der Waals surface area contributed by atoms with Crippen LogP contribution >= 0.6 is 23.4 Å². The normalized spacial score (nSPS) is 10.2. The number of amides is 1. The Morgan fingerprint density at radius 3 is 2.58 bits per heavy atom. The molecule has 1 amide bonds. The summed E-state index contributed by atoms with van der Waals surface area (Å²) in [5, 5.41) is 2.88. The summed E-state index contributed by atoms with van der Waals surface area (Å²) in [6, 6.07) is 10.2. The molecule has 0 atom stereocenters. The standard InChI is InChI=1S/C18H18ClNO5S/c1-23-15-8-11(7-14(19)17(15)24-2)18(22)25-10-16(21)20-12-5-4-6-13(9-12)26-3/h4-9H,10H2,1-3H3,(H,20,21). The second-order valence-corrected chi connectivity index (χ2v) is 6.34. The zero-order chi connectivity index (χ0) is 19.1. The number of rotatable bonds is 7. The summed E-state index contributed by atoms with van der Waals surface area (Å²) in [7, 11) is 2.87. The van der Waals surface area contributed by atoms with Crippen LogP contribution in [0, 0.1) is 0 Å². The lowest BCUT2D eigenvalue weighted by Crippen LogP contribution is -2.21. The fourth-order valence-corrected chi connectivity index (χ4v) is 2.90. The number of methoxy groups -OCH3 is 2. The van der Waals surface area contributed by atoms with Crippen LogP contribution in [0.25, 0.3) is 0 Å². The van der Waals surface area contributed by atoms with Gasteiger partial charge in [0.05, 0.1) is 24.8 Å². The summed E-state index contributed by atoms with van der Waals surface area (Å²) >= 11 is 7.62. The van der Waals surface area contributed by atoms with Crippen LogP contribution in [0.2, 0.25) is 5.02 Å². The lowest BCUT2D eigenvalue weighted by atomic mass is 10.2. The zero-order valence-electron chi connectivity index (χ0n) is 14.5. The molecule has 0 aliphatic rings. The molecule has 0 fully saturated rings. The lowest BCUT2D eigenvalue weighted by molar-refractivity contribution is -0.119. The number of hydrogen-bond acceptors (Lipinski definition) is 6. The molecule has 1 N–H and O–H groups in total. The first-order valence-electron chi connectivity index (χ1n) is 7.51. The number of thioether (sulfide) groups is 1. The van der Waals surface area contributed by atoms with Crippen LogP contribution in [0.4, 0.5) is 5.69 Å². The highest BCUT2D eigenvalue weighted by Crippen LogP contribution is 2.36. The van der Waals surface area contributed by atoms with Crippen molar-refractivity contribution in [3.05, 3.63) is 47.0 Å². The molecule has 0 heterocycles. The highest BCUT2D eigenvalue weighted by molar-refractivity contribution is 7.98. The zero-order valence-corrected chi connectivity index (χ0v) is 16.1. The molecule has 8 heteroatoms. The molecule has 0 radical (unpaired) electrons. The summed E-state index contributed by atoms with van der Waals surface area (Å²) in [4.78, 5) is 25.1. The molecule has 0 saturated carbocycles. The predicted molar refractivity (Wildman–Crippen MR) is 102 cm³/mol. The fraction of sp³-hybridized carbons (Fsp3) is 0.222. The summed E-state index contributed by atoms with van der Waals surface area (Å²) in [6.07, 6.45) is 1.94. The van der Waals surface area contributed by atoms with E-state index in [2.05, 4.69) is 5.32 Å². The Balaban J connectivity index is 1.99. The van der Waals surface area contributed by atoms with Crippen LogP contribution in [-0.2, 0) is 9.53 Å². The van der Waals surface area contributed by atoms with E-state index in [0.717, 1.165) is 4.90 Å². The first kappa shape index (κ1) is 19.9. The van der Waals surface area contributed by atoms with Gasteiger partial charge in [-0.15, -0.1) is 11.8 Å². The molecule has 0 aromatic heterocycles. The molecule has 0 spiro atoms. The molecule has 0 unspecified atom stereocenters. The quantitative estimate of drug-likeness (QED) is 0.566. The van der Waals surface area contributed by atoms with E-state index in [0.29, 0.717) is 17.2 Å². The van der Waals surface area contributed by atoms with Crippen molar-refractivity contribution in [3.63, 3.8) is 0 Å². The van der Waals surface area contributed by atoms with E-state index in [4.69, 9.17) is 25.8 Å². The molecular weight excluding hydrogens is 378 g/mol. The van der Waals surface area contributed by atoms with Gasteiger partial charge in [0.2, 0.25) is 0 Å². The largest absolute Gasteiger partial charge is 0.493 e. The number of halogens is 1. The minimum atomic E-state index is -0.694. The second-order valence-electron chi connectivity index (χ2n) is 5.05. The first-order chi connectivity index (χ1) is 12.5. The predicted octanol–water partition coefficient (Wildman–Crippen LogP) is 3.87. The van der Waals surface area contributed by atoms with Gasteiger partial charge in [-0.05, 0) is 36.6 Å². The Morgan fingerprint density at radius 1 is 1.15 bits per heavy atom. The van der Waals surface area contributed by atoms with Crippen molar-refractivity contribution in [2.45, 2.75) is 4.90 Å². The second kappa shape index (κ2) is 9.35. The monoisotopic (exact) mass is 395 g/mol. The minimum absolute atomic E-state index is 0.157. The number of esters is 1. The summed E-state index contributed by atoms with van der Waals surface area (Å²) in [6.45, 7) is -0.422. The highest BCUT2D eigenvalue weighted by Gasteiger charge is 2.17. The van der Waals surface area contributed by atoms with Crippen molar-refractivity contribution in [1.29, 1.82) is 0 Å². The van der Waals surface area contributed by atoms with Crippen LogP contribution in [0.1, 0.15) is 10.4 Å². The number of ether oxygens (including phenoxy) is 3. The summed E-state index contributed by atoms with van der Waals surface area (Å²) in [5.74, 6) is -0.522. The van der Waals surface area contributed by atoms with Crippen LogP contribution in [0.3, 0.4) is 0 Å². The molecule has 26 heavy (non-hydrogen) atoms. The maximum Gasteiger partial charge on any atom is 0.338 e. The number of nitrogens with one attached hydrogen (secondary N) is 1. The molecule has 0 bridgehead atoms. The van der Waals surface area contributed by atoms with Gasteiger partial charge in [0.1, 0.15) is 0 Å². The molecule has 2 rings (SSSR count). The van der Waals surface area contributed by atoms with Gasteiger partial charge in [0.15, 0.2) is 18.1 Å². The van der Waals surface area contributed by atoms with E-state index in [-0.39, 0.29) is 10.6 Å². The Kier molecular flexibility index (Phi) is 7.17. The van der Waals surface area contributed by atoms with Crippen molar-refractivity contribution in [2.75, 3.05) is 32.4 Å². The first-order valence-corrected chi connectivity index (χ1v) is 9.11. The molecule has 138 valence electrons. The van der Waals surface area contributed by atoms with Gasteiger partial charge in [0, 0.05) is 10.6 Å². The third-order valence-electron chi connectivity index (χ3n) is 3.36. The van der Waals surface area contributed by atoms with Gasteiger partial charge in [-0.25, -0.2) is 4.79 Å². The van der Waals surface area contributed by atoms with Crippen molar-refractivity contribution >= 4 is 40.9 Å². The lowest BCUT2D eigenvalue weighted by Gasteiger charge is -2.11. The van der Waals surface area contributed by atoms with E-state index in [1.54, 1.807) is 17.8 Å². The molecule has 2 aromatic rings. The maximum absolute atomic E-state index is 12.2. The number of carbonyl (C=O) groups excluding carboxylic acids is 2. The third kappa shape index (κ3) is 5.06. The third-order valence-corrected chi connectivity index (χ3v) is 4.36. The van der Waals surface area contributed by atoms with Gasteiger partial charge in [-0.3, -0.25) is 4.79 Å². The minimum Gasteiger partial charge on any atom is -0.493 e. The fourth-order valence-electron chi connectivity index (χ4n) is 2.15. The Labute approximate surface area is 160 Å². The summed E-state index contributed by atoms with van der Waals surface area (Å²) in [5.41, 5.74) is 0.789. The number of benzene rings is 2. The SMILES string of the molecule is COc1cc(C(=O)OCC(=O)Nc2cccc(SC)c2)cc(Cl)c1OC. The van der Waals surface area contributed by atoms with Crippen molar-refractivity contribution in [2.24, 2.45) is 0 Å². The highest BCUT2D eigenvalue weighted by atomic mass is 35.5. The van der Waals surface area contributed by atoms with E-state index >= 15 is 0 Å². The van der Waals surface area contributed by atoms with Gasteiger partial charge in [-0.2, -0.15) is 0 Å². The smallest absolute Gasteiger partial charge is 0.338 e. The van der Waals surface area contributed by atoms with E-state index < -0.39 is 18.5 Å². The Morgan fingerprint density at radius 2 is 1.92 bits per heavy atom. The van der Waals surface area contributed by atoms with Crippen LogP contribution in [0.5, 0.6) is 11.5 Å². The molecule has 0 saturated heterocycles. The Bertz CT molecular complexity index is 812. The van der Waals surface area contributed by atoms with E-state index in [1.165, 1.54) is 26.4 Å². The molecule has 2 aromatic carbocycles. The Hall–Kier alpha value is -2.38. The number of anilines is 1. The maximum atomic E-state index is 12.2. The van der Waals surface area contributed by atoms with Gasteiger partial charge < -0.3 is 19.5 Å². The van der Waals surface area contributed by atoms with Crippen LogP contribution in [0.15, 0.2) is 41.3 Å². The van der Waals surface area contributed by atoms with Crippen molar-refractivity contribution in [1.82, 2.24) is 0 Å². The molecule has 0 aliphatic heterocycles. The van der Waals surface area contributed by atoms with Gasteiger partial charge in [0.25, 0.3) is 5.91 Å². The average Bonchev–Trinajstić information content (AvgIpc) is 2.65. The van der Waals surface area contributed by atoms with Crippen molar-refractivity contribution in [3.8, 4) is 11.5 Å². The molecule has 6 nitrogen and oxygen atoms in total. The number of hydrogen-bond donors (Lipinski definition) is 1. The van der Waals surface area contributed by atoms with Crippen molar-refractivity contribution < 1.29 is 23.8 Å².